The number of benzene rings is 1. The Kier molecular flexibility index (Phi) is 6.15. The molecular weight excluding hydrogens is 384 g/mol. The fourth-order valence-corrected chi connectivity index (χ4v) is 5.02. The number of nitrogens with zero attached hydrogens (tertiary/aromatic N) is 1. The molecule has 27 heavy (non-hydrogen) atoms. The Morgan fingerprint density at radius 3 is 2.85 bits per heavy atom. The van der Waals surface area contributed by atoms with Gasteiger partial charge >= 0.3 is 0 Å². The van der Waals surface area contributed by atoms with Crippen LogP contribution in [0.2, 0.25) is 0 Å². The van der Waals surface area contributed by atoms with Gasteiger partial charge in [0.2, 0.25) is 5.91 Å². The van der Waals surface area contributed by atoms with Crippen LogP contribution in [0.4, 0.5) is 0 Å². The Bertz CT molecular complexity index is 923. The van der Waals surface area contributed by atoms with Crippen LogP contribution >= 0.6 is 11.8 Å². The average Bonchev–Trinajstić information content (AvgIpc) is 3.06. The van der Waals surface area contributed by atoms with Gasteiger partial charge in [0.05, 0.1) is 16.4 Å². The molecule has 1 aliphatic rings. The topological polar surface area (TPSA) is 89.3 Å². The summed E-state index contributed by atoms with van der Waals surface area (Å²) >= 11 is 1.22. The molecule has 1 aromatic carbocycles. The number of rotatable bonds is 6. The summed E-state index contributed by atoms with van der Waals surface area (Å²) in [5.41, 5.74) is 1.00. The molecule has 1 amide bonds. The zero-order valence-corrected chi connectivity index (χ0v) is 17.5. The monoisotopic (exact) mass is 410 g/mol. The van der Waals surface area contributed by atoms with Gasteiger partial charge in [0, 0.05) is 6.04 Å². The van der Waals surface area contributed by atoms with Crippen molar-refractivity contribution >= 4 is 38.6 Å². The van der Waals surface area contributed by atoms with E-state index in [4.69, 9.17) is 4.42 Å². The second-order valence-corrected chi connectivity index (χ2v) is 10.4. The van der Waals surface area contributed by atoms with Crippen molar-refractivity contribution in [3.05, 3.63) is 18.2 Å². The van der Waals surface area contributed by atoms with E-state index in [-0.39, 0.29) is 28.4 Å². The molecule has 0 saturated heterocycles. The van der Waals surface area contributed by atoms with Gasteiger partial charge in [-0.1, -0.05) is 45.4 Å². The average molecular weight is 411 g/mol. The number of hydrogen-bond donors (Lipinski definition) is 1. The quantitative estimate of drug-likeness (QED) is 0.731. The standard InChI is InChI=1S/C19H26N2O4S2/c1-4-27(23,24)14-8-9-17-16(10-14)21-19(25-17)26-11-18(22)20-15-7-5-6-12(2)13(15)3/h8-10,12-13,15H,4-7,11H2,1-3H3,(H,20,22)/t12-,13+,15-/m1/s1. The first-order chi connectivity index (χ1) is 12.8. The number of aromatic nitrogens is 1. The lowest BCUT2D eigenvalue weighted by Crippen LogP contribution is -2.44. The number of oxazole rings is 1. The van der Waals surface area contributed by atoms with Crippen molar-refractivity contribution in [1.82, 2.24) is 10.3 Å². The van der Waals surface area contributed by atoms with Crippen LogP contribution in [0.1, 0.15) is 40.0 Å². The third kappa shape index (κ3) is 4.66. The number of hydrogen-bond acceptors (Lipinski definition) is 6. The number of fused-ring (bicyclic) bond motifs is 1. The molecule has 6 nitrogen and oxygen atoms in total. The van der Waals surface area contributed by atoms with Crippen LogP contribution in [-0.2, 0) is 14.6 Å². The van der Waals surface area contributed by atoms with Crippen molar-refractivity contribution in [3.8, 4) is 0 Å². The SMILES string of the molecule is CCS(=O)(=O)c1ccc2oc(SCC(=O)N[C@@H]3CCC[C@@H](C)[C@@H]3C)nc2c1. The Hall–Kier alpha value is -1.54. The summed E-state index contributed by atoms with van der Waals surface area (Å²) in [6, 6.07) is 4.89. The van der Waals surface area contributed by atoms with Crippen LogP contribution in [-0.4, -0.2) is 36.9 Å². The van der Waals surface area contributed by atoms with Crippen LogP contribution in [0.15, 0.2) is 32.7 Å². The highest BCUT2D eigenvalue weighted by Gasteiger charge is 2.28. The molecule has 1 fully saturated rings. The van der Waals surface area contributed by atoms with Crippen molar-refractivity contribution in [1.29, 1.82) is 0 Å². The molecule has 0 bridgehead atoms. The first-order valence-electron chi connectivity index (χ1n) is 9.35. The third-order valence-electron chi connectivity index (χ3n) is 5.46. The lowest BCUT2D eigenvalue weighted by atomic mass is 9.78. The Labute approximate surface area is 164 Å². The van der Waals surface area contributed by atoms with E-state index in [1.165, 1.54) is 30.3 Å². The molecule has 3 atom stereocenters. The van der Waals surface area contributed by atoms with Crippen molar-refractivity contribution in [3.63, 3.8) is 0 Å². The number of carbonyl (C=O) groups excluding carboxylic acids is 1. The van der Waals surface area contributed by atoms with Gasteiger partial charge in [-0.25, -0.2) is 13.4 Å². The van der Waals surface area contributed by atoms with Gasteiger partial charge in [0.15, 0.2) is 15.4 Å². The zero-order valence-electron chi connectivity index (χ0n) is 15.9. The molecule has 3 rings (SSSR count). The van der Waals surface area contributed by atoms with Crippen molar-refractivity contribution < 1.29 is 17.6 Å². The van der Waals surface area contributed by atoms with Gasteiger partial charge in [0.1, 0.15) is 5.52 Å². The highest BCUT2D eigenvalue weighted by atomic mass is 32.2. The lowest BCUT2D eigenvalue weighted by molar-refractivity contribution is -0.120. The largest absolute Gasteiger partial charge is 0.431 e. The summed E-state index contributed by atoms with van der Waals surface area (Å²) in [4.78, 5) is 16.9. The van der Waals surface area contributed by atoms with E-state index in [1.807, 2.05) is 0 Å². The number of sulfone groups is 1. The highest BCUT2D eigenvalue weighted by Crippen LogP contribution is 2.30. The maximum absolute atomic E-state index is 12.3. The van der Waals surface area contributed by atoms with E-state index < -0.39 is 9.84 Å². The molecule has 1 saturated carbocycles. The smallest absolute Gasteiger partial charge is 0.257 e. The van der Waals surface area contributed by atoms with Gasteiger partial charge in [0.25, 0.3) is 5.22 Å². The fourth-order valence-electron chi connectivity index (χ4n) is 3.47. The van der Waals surface area contributed by atoms with Crippen LogP contribution < -0.4 is 5.32 Å². The van der Waals surface area contributed by atoms with Gasteiger partial charge in [-0.3, -0.25) is 4.79 Å². The first-order valence-corrected chi connectivity index (χ1v) is 12.0. The molecule has 1 aliphatic carbocycles. The Morgan fingerprint density at radius 2 is 2.11 bits per heavy atom. The number of thioether (sulfide) groups is 1. The summed E-state index contributed by atoms with van der Waals surface area (Å²) in [5, 5.41) is 3.50. The normalized spacial score (nSPS) is 23.4. The van der Waals surface area contributed by atoms with Gasteiger partial charge in [-0.05, 0) is 36.5 Å². The molecule has 1 N–H and O–H groups in total. The zero-order chi connectivity index (χ0) is 19.6. The minimum atomic E-state index is -3.28. The number of nitrogens with one attached hydrogen (secondary N) is 1. The number of amides is 1. The fraction of sp³-hybridized carbons (Fsp3) is 0.579. The van der Waals surface area contributed by atoms with Crippen LogP contribution in [0.5, 0.6) is 0 Å². The molecule has 2 aromatic rings. The second kappa shape index (κ2) is 8.22. The minimum absolute atomic E-state index is 0.0255. The van der Waals surface area contributed by atoms with Gasteiger partial charge in [-0.2, -0.15) is 0 Å². The summed E-state index contributed by atoms with van der Waals surface area (Å²) in [7, 11) is -3.28. The molecule has 1 heterocycles. The predicted octanol–water partition coefficient (Wildman–Crippen LogP) is 3.65. The van der Waals surface area contributed by atoms with Gasteiger partial charge in [-0.15, -0.1) is 0 Å². The molecule has 0 aliphatic heterocycles. The minimum Gasteiger partial charge on any atom is -0.431 e. The van der Waals surface area contributed by atoms with E-state index in [1.54, 1.807) is 13.0 Å². The van der Waals surface area contributed by atoms with E-state index in [9.17, 15) is 13.2 Å². The molecule has 0 radical (unpaired) electrons. The molecule has 0 spiro atoms. The van der Waals surface area contributed by atoms with Crippen LogP contribution in [0, 0.1) is 11.8 Å². The maximum atomic E-state index is 12.3. The summed E-state index contributed by atoms with van der Waals surface area (Å²) in [6.07, 6.45) is 3.40. The van der Waals surface area contributed by atoms with Gasteiger partial charge < -0.3 is 9.73 Å². The Morgan fingerprint density at radius 1 is 1.33 bits per heavy atom. The first kappa shape index (κ1) is 20.2. The van der Waals surface area contributed by atoms with Crippen molar-refractivity contribution in [2.45, 2.75) is 56.2 Å². The lowest BCUT2D eigenvalue weighted by Gasteiger charge is -2.34. The summed E-state index contributed by atoms with van der Waals surface area (Å²) in [6.45, 7) is 6.05. The van der Waals surface area contributed by atoms with E-state index >= 15 is 0 Å². The van der Waals surface area contributed by atoms with E-state index in [0.717, 1.165) is 12.8 Å². The van der Waals surface area contributed by atoms with Crippen molar-refractivity contribution in [2.75, 3.05) is 11.5 Å². The van der Waals surface area contributed by atoms with E-state index in [2.05, 4.69) is 24.1 Å². The summed E-state index contributed by atoms with van der Waals surface area (Å²) < 4.78 is 29.6. The molecule has 0 unspecified atom stereocenters. The third-order valence-corrected chi connectivity index (χ3v) is 8.02. The number of carbonyl (C=O) groups is 1. The summed E-state index contributed by atoms with van der Waals surface area (Å²) in [5.74, 6) is 1.35. The predicted molar refractivity (Wildman–Crippen MR) is 107 cm³/mol. The maximum Gasteiger partial charge on any atom is 0.257 e. The molecule has 8 heteroatoms. The molecular formula is C19H26N2O4S2. The highest BCUT2D eigenvalue weighted by molar-refractivity contribution is 7.99. The Balaban J connectivity index is 1.62. The second-order valence-electron chi connectivity index (χ2n) is 7.24. The molecule has 1 aromatic heterocycles. The van der Waals surface area contributed by atoms with Crippen LogP contribution in [0.3, 0.4) is 0 Å². The van der Waals surface area contributed by atoms with Crippen molar-refractivity contribution in [2.24, 2.45) is 11.8 Å². The molecule has 148 valence electrons. The van der Waals surface area contributed by atoms with Crippen LogP contribution in [0.25, 0.3) is 11.1 Å². The van der Waals surface area contributed by atoms with E-state index in [0.29, 0.717) is 28.2 Å².